The molecule has 0 saturated carbocycles. The molecular formula is C12H12O2. The quantitative estimate of drug-likeness (QED) is 0.785. The van der Waals surface area contributed by atoms with Gasteiger partial charge in [0.25, 0.3) is 0 Å². The van der Waals surface area contributed by atoms with E-state index in [4.69, 9.17) is 4.74 Å². The van der Waals surface area contributed by atoms with Crippen molar-refractivity contribution in [3.8, 4) is 11.5 Å². The van der Waals surface area contributed by atoms with Crippen LogP contribution in [0.15, 0.2) is 36.4 Å². The second-order valence-corrected chi connectivity index (χ2v) is 3.09. The summed E-state index contributed by atoms with van der Waals surface area (Å²) >= 11 is 0. The van der Waals surface area contributed by atoms with E-state index in [0.29, 0.717) is 12.4 Å². The van der Waals surface area contributed by atoms with Crippen LogP contribution in [0.1, 0.15) is 6.92 Å². The molecule has 14 heavy (non-hydrogen) atoms. The molecule has 0 amide bonds. The highest BCUT2D eigenvalue weighted by Crippen LogP contribution is 2.27. The zero-order valence-electron chi connectivity index (χ0n) is 8.03. The lowest BCUT2D eigenvalue weighted by atomic mass is 10.1. The number of hydrogen-bond donors (Lipinski definition) is 1. The summed E-state index contributed by atoms with van der Waals surface area (Å²) in [6.45, 7) is 2.61. The molecule has 0 heterocycles. The Morgan fingerprint density at radius 2 is 2.07 bits per heavy atom. The Hall–Kier alpha value is -1.70. The van der Waals surface area contributed by atoms with Gasteiger partial charge < -0.3 is 9.84 Å². The minimum Gasteiger partial charge on any atom is -0.507 e. The SMILES string of the molecule is CCOc1ccc2c(O)cccc2c1. The van der Waals surface area contributed by atoms with Gasteiger partial charge in [0.1, 0.15) is 11.5 Å². The maximum atomic E-state index is 9.55. The van der Waals surface area contributed by atoms with Crippen LogP contribution in [0.4, 0.5) is 0 Å². The summed E-state index contributed by atoms with van der Waals surface area (Å²) in [7, 11) is 0. The fourth-order valence-electron chi connectivity index (χ4n) is 1.50. The summed E-state index contributed by atoms with van der Waals surface area (Å²) in [6, 6.07) is 11.1. The van der Waals surface area contributed by atoms with Crippen molar-refractivity contribution in [1.82, 2.24) is 0 Å². The van der Waals surface area contributed by atoms with Crippen LogP contribution in [0.2, 0.25) is 0 Å². The molecule has 2 rings (SSSR count). The van der Waals surface area contributed by atoms with Crippen LogP contribution in [0, 0.1) is 0 Å². The third-order valence-corrected chi connectivity index (χ3v) is 2.14. The van der Waals surface area contributed by atoms with Gasteiger partial charge in [0, 0.05) is 5.39 Å². The summed E-state index contributed by atoms with van der Waals surface area (Å²) in [4.78, 5) is 0. The number of fused-ring (bicyclic) bond motifs is 1. The molecule has 72 valence electrons. The van der Waals surface area contributed by atoms with Crippen molar-refractivity contribution in [2.45, 2.75) is 6.92 Å². The predicted octanol–water partition coefficient (Wildman–Crippen LogP) is 2.94. The van der Waals surface area contributed by atoms with Gasteiger partial charge in [-0.15, -0.1) is 0 Å². The Morgan fingerprint density at radius 1 is 1.21 bits per heavy atom. The van der Waals surface area contributed by atoms with E-state index in [-0.39, 0.29) is 0 Å². The molecule has 0 saturated heterocycles. The highest BCUT2D eigenvalue weighted by atomic mass is 16.5. The van der Waals surface area contributed by atoms with Crippen LogP contribution in [0.25, 0.3) is 10.8 Å². The van der Waals surface area contributed by atoms with Crippen molar-refractivity contribution < 1.29 is 9.84 Å². The first-order chi connectivity index (χ1) is 6.81. The molecule has 0 atom stereocenters. The van der Waals surface area contributed by atoms with Crippen molar-refractivity contribution in [2.75, 3.05) is 6.61 Å². The van der Waals surface area contributed by atoms with Crippen LogP contribution in [0.3, 0.4) is 0 Å². The Labute approximate surface area is 82.8 Å². The molecule has 0 fully saturated rings. The van der Waals surface area contributed by atoms with Crippen molar-refractivity contribution in [2.24, 2.45) is 0 Å². The molecule has 0 spiro atoms. The van der Waals surface area contributed by atoms with Crippen molar-refractivity contribution in [3.63, 3.8) is 0 Å². The number of aromatic hydroxyl groups is 1. The molecule has 0 aliphatic heterocycles. The molecule has 2 aromatic rings. The number of hydrogen-bond acceptors (Lipinski definition) is 2. The normalized spacial score (nSPS) is 10.4. The Kier molecular flexibility index (Phi) is 2.27. The summed E-state index contributed by atoms with van der Waals surface area (Å²) in [5, 5.41) is 11.4. The molecule has 0 aliphatic carbocycles. The molecule has 0 unspecified atom stereocenters. The van der Waals surface area contributed by atoms with E-state index in [0.717, 1.165) is 16.5 Å². The summed E-state index contributed by atoms with van der Waals surface area (Å²) < 4.78 is 5.37. The highest BCUT2D eigenvalue weighted by molar-refractivity contribution is 5.89. The second kappa shape index (κ2) is 3.58. The molecule has 0 bridgehead atoms. The largest absolute Gasteiger partial charge is 0.507 e. The van der Waals surface area contributed by atoms with Crippen molar-refractivity contribution >= 4 is 10.8 Å². The summed E-state index contributed by atoms with van der Waals surface area (Å²) in [5.41, 5.74) is 0. The van der Waals surface area contributed by atoms with Gasteiger partial charge >= 0.3 is 0 Å². The number of benzene rings is 2. The maximum Gasteiger partial charge on any atom is 0.123 e. The first-order valence-corrected chi connectivity index (χ1v) is 4.66. The first-order valence-electron chi connectivity index (χ1n) is 4.66. The van der Waals surface area contributed by atoms with Gasteiger partial charge in [0.15, 0.2) is 0 Å². The highest BCUT2D eigenvalue weighted by Gasteiger charge is 1.99. The fraction of sp³-hybridized carbons (Fsp3) is 0.167. The molecule has 2 aromatic carbocycles. The van der Waals surface area contributed by atoms with Crippen molar-refractivity contribution in [1.29, 1.82) is 0 Å². The maximum absolute atomic E-state index is 9.55. The van der Waals surface area contributed by atoms with E-state index in [2.05, 4.69) is 0 Å². The van der Waals surface area contributed by atoms with Gasteiger partial charge in [-0.25, -0.2) is 0 Å². The predicted molar refractivity (Wildman–Crippen MR) is 56.8 cm³/mol. The standard InChI is InChI=1S/C12H12O2/c1-2-14-10-6-7-11-9(8-10)4-3-5-12(11)13/h3-8,13H,2H2,1H3. The minimum atomic E-state index is 0.311. The van der Waals surface area contributed by atoms with E-state index >= 15 is 0 Å². The second-order valence-electron chi connectivity index (χ2n) is 3.09. The Bertz CT molecular complexity index is 449. The molecule has 2 heteroatoms. The smallest absolute Gasteiger partial charge is 0.123 e. The van der Waals surface area contributed by atoms with E-state index in [9.17, 15) is 5.11 Å². The fourth-order valence-corrected chi connectivity index (χ4v) is 1.50. The van der Waals surface area contributed by atoms with Crippen molar-refractivity contribution in [3.05, 3.63) is 36.4 Å². The van der Waals surface area contributed by atoms with E-state index in [1.807, 2.05) is 37.3 Å². The topological polar surface area (TPSA) is 29.5 Å². The van der Waals surface area contributed by atoms with Gasteiger partial charge in [0.2, 0.25) is 0 Å². The third kappa shape index (κ3) is 1.51. The number of ether oxygens (including phenoxy) is 1. The van der Waals surface area contributed by atoms with E-state index in [1.165, 1.54) is 0 Å². The lowest BCUT2D eigenvalue weighted by Crippen LogP contribution is -1.90. The third-order valence-electron chi connectivity index (χ3n) is 2.14. The first kappa shape index (κ1) is 8.88. The molecular weight excluding hydrogens is 176 g/mol. The average molecular weight is 188 g/mol. The van der Waals surface area contributed by atoms with Crippen LogP contribution < -0.4 is 4.74 Å². The number of rotatable bonds is 2. The number of phenols is 1. The summed E-state index contributed by atoms with van der Waals surface area (Å²) in [5.74, 6) is 1.15. The van der Waals surface area contributed by atoms with E-state index in [1.54, 1.807) is 6.07 Å². The molecule has 1 N–H and O–H groups in total. The zero-order valence-corrected chi connectivity index (χ0v) is 8.03. The lowest BCUT2D eigenvalue weighted by Gasteiger charge is -2.05. The van der Waals surface area contributed by atoms with Crippen LogP contribution >= 0.6 is 0 Å². The monoisotopic (exact) mass is 188 g/mol. The van der Waals surface area contributed by atoms with E-state index < -0.39 is 0 Å². The average Bonchev–Trinajstić information content (AvgIpc) is 2.18. The van der Waals surface area contributed by atoms with Gasteiger partial charge in [-0.3, -0.25) is 0 Å². The zero-order chi connectivity index (χ0) is 9.97. The Morgan fingerprint density at radius 3 is 2.86 bits per heavy atom. The molecule has 0 aromatic heterocycles. The van der Waals surface area contributed by atoms with Gasteiger partial charge in [0.05, 0.1) is 6.61 Å². The summed E-state index contributed by atoms with van der Waals surface area (Å²) in [6.07, 6.45) is 0. The number of phenolic OH excluding ortho intramolecular Hbond substituents is 1. The van der Waals surface area contributed by atoms with Crippen LogP contribution in [-0.4, -0.2) is 11.7 Å². The lowest BCUT2D eigenvalue weighted by molar-refractivity contribution is 0.340. The molecule has 0 aliphatic rings. The van der Waals surface area contributed by atoms with Gasteiger partial charge in [-0.2, -0.15) is 0 Å². The molecule has 0 radical (unpaired) electrons. The van der Waals surface area contributed by atoms with Gasteiger partial charge in [-0.1, -0.05) is 12.1 Å². The molecule has 2 nitrogen and oxygen atoms in total. The van der Waals surface area contributed by atoms with Gasteiger partial charge in [-0.05, 0) is 36.6 Å². The van der Waals surface area contributed by atoms with Crippen LogP contribution in [0.5, 0.6) is 11.5 Å². The Balaban J connectivity index is 2.56. The minimum absolute atomic E-state index is 0.311. The van der Waals surface area contributed by atoms with Crippen LogP contribution in [-0.2, 0) is 0 Å².